The highest BCUT2D eigenvalue weighted by Crippen LogP contribution is 1.76. The zero-order valence-corrected chi connectivity index (χ0v) is 6.10. The van der Waals surface area contributed by atoms with Crippen LogP contribution in [-0.4, -0.2) is 17.8 Å². The van der Waals surface area contributed by atoms with Crippen molar-refractivity contribution in [1.82, 2.24) is 5.32 Å². The number of carbonyl (C=O) groups is 2. The van der Waals surface area contributed by atoms with Crippen LogP contribution in [0.3, 0.4) is 0 Å². The van der Waals surface area contributed by atoms with Crippen LogP contribution < -0.4 is 5.32 Å². The Morgan fingerprint density at radius 2 is 2.22 bits per heavy atom. The van der Waals surface area contributed by atoms with Gasteiger partial charge < -0.3 is 0 Å². The van der Waals surface area contributed by atoms with Gasteiger partial charge in [0.2, 0.25) is 5.91 Å². The Morgan fingerprint density at radius 3 is 2.56 bits per heavy atom. The van der Waals surface area contributed by atoms with Gasteiger partial charge in [-0.05, 0) is 0 Å². The zero-order chi connectivity index (χ0) is 7.28. The van der Waals surface area contributed by atoms with E-state index in [4.69, 9.17) is 11.6 Å². The van der Waals surface area contributed by atoms with Gasteiger partial charge in [0.25, 0.3) is 0 Å². The summed E-state index contributed by atoms with van der Waals surface area (Å²) in [7, 11) is 0. The molecule has 0 aliphatic rings. The van der Waals surface area contributed by atoms with Crippen LogP contribution in [-0.2, 0) is 17.2 Å². The number of halogens is 1. The highest BCUT2D eigenvalue weighted by molar-refractivity contribution is 7.47. The lowest BCUT2D eigenvalue weighted by molar-refractivity contribution is -0.117. The molecule has 0 atom stereocenters. The van der Waals surface area contributed by atoms with E-state index >= 15 is 0 Å². The third kappa shape index (κ3) is 4.11. The highest BCUT2D eigenvalue weighted by Gasteiger charge is 2.01. The van der Waals surface area contributed by atoms with Crippen molar-refractivity contribution < 1.29 is 9.59 Å². The van der Waals surface area contributed by atoms with Crippen LogP contribution in [0.1, 0.15) is 0 Å². The number of amides is 3. The number of urea groups is 1. The van der Waals surface area contributed by atoms with Gasteiger partial charge in [0.15, 0.2) is 0 Å². The van der Waals surface area contributed by atoms with Crippen molar-refractivity contribution >= 4 is 36.0 Å². The Hall–Kier alpha value is -0.420. The number of hydrogen-bond acceptors (Lipinski definition) is 2. The normalized spacial score (nSPS) is 8.22. The third-order valence-electron chi connectivity index (χ3n) is 0.469. The van der Waals surface area contributed by atoms with Gasteiger partial charge in [-0.3, -0.25) is 10.1 Å². The van der Waals surface area contributed by atoms with E-state index in [0.29, 0.717) is 0 Å². The number of imide groups is 1. The molecule has 9 heavy (non-hydrogen) atoms. The standard InChI is InChI=1S/C3H5ClN2O2S/c4-1-2(7)5-3(8)6-9/h1,9H2,(H,5,7,8). The Bertz CT molecular complexity index is 149. The molecule has 52 valence electrons. The highest BCUT2D eigenvalue weighted by atomic mass is 35.5. The van der Waals surface area contributed by atoms with Crippen LogP contribution in [0.4, 0.5) is 4.79 Å². The summed E-state index contributed by atoms with van der Waals surface area (Å²) in [5.41, 5.74) is 0. The second kappa shape index (κ2) is 4.46. The van der Waals surface area contributed by atoms with E-state index in [-0.39, 0.29) is 5.88 Å². The lowest BCUT2D eigenvalue weighted by atomic mass is 10.7. The van der Waals surface area contributed by atoms with Crippen molar-refractivity contribution in [1.29, 1.82) is 0 Å². The van der Waals surface area contributed by atoms with E-state index < -0.39 is 11.9 Å². The van der Waals surface area contributed by atoms with E-state index in [9.17, 15) is 9.59 Å². The lowest BCUT2D eigenvalue weighted by Crippen LogP contribution is -2.28. The smallest absolute Gasteiger partial charge is 0.275 e. The molecule has 0 rings (SSSR count). The minimum atomic E-state index is -0.752. The molecule has 0 bridgehead atoms. The number of carbonyl (C=O) groups excluding carboxylic acids is 2. The molecule has 0 aliphatic carbocycles. The maximum absolute atomic E-state index is 10.2. The van der Waals surface area contributed by atoms with Crippen molar-refractivity contribution in [3.63, 3.8) is 0 Å². The Kier molecular flexibility index (Phi) is 4.25. The van der Waals surface area contributed by atoms with Crippen molar-refractivity contribution in [3.8, 4) is 0 Å². The first kappa shape index (κ1) is 8.58. The minimum Gasteiger partial charge on any atom is -0.275 e. The molecule has 3 amide bonds. The van der Waals surface area contributed by atoms with Gasteiger partial charge in [0.05, 0.1) is 0 Å². The van der Waals surface area contributed by atoms with Crippen LogP contribution in [0.5, 0.6) is 0 Å². The minimum absolute atomic E-state index is 0.243. The largest absolute Gasteiger partial charge is 0.353 e. The van der Waals surface area contributed by atoms with E-state index in [1.807, 2.05) is 5.32 Å². The maximum Gasteiger partial charge on any atom is 0.353 e. The first-order valence-electron chi connectivity index (χ1n) is 1.98. The van der Waals surface area contributed by atoms with Crippen molar-refractivity contribution in [2.24, 2.45) is 4.36 Å². The van der Waals surface area contributed by atoms with E-state index in [1.165, 1.54) is 0 Å². The third-order valence-corrected chi connectivity index (χ3v) is 0.915. The molecule has 0 heterocycles. The summed E-state index contributed by atoms with van der Waals surface area (Å²) in [5.74, 6) is -0.809. The SMILES string of the molecule is O=C(CCl)NC(=O)N=[SH2]. The number of alkyl halides is 1. The quantitative estimate of drug-likeness (QED) is 0.545. The second-order valence-corrected chi connectivity index (χ2v) is 1.59. The first-order chi connectivity index (χ1) is 4.20. The molecule has 0 aromatic heterocycles. The summed E-state index contributed by atoms with van der Waals surface area (Å²) >= 11 is 7.57. The van der Waals surface area contributed by atoms with Gasteiger partial charge in [-0.25, -0.2) is 4.79 Å². The summed E-state index contributed by atoms with van der Waals surface area (Å²) in [6.45, 7) is 0. The van der Waals surface area contributed by atoms with Gasteiger partial charge in [0.1, 0.15) is 5.88 Å². The summed E-state index contributed by atoms with van der Waals surface area (Å²) in [6, 6.07) is -0.752. The van der Waals surface area contributed by atoms with Crippen LogP contribution in [0.2, 0.25) is 0 Å². The predicted octanol–water partition coefficient (Wildman–Crippen LogP) is -0.343. The fraction of sp³-hybridized carbons (Fsp3) is 0.333. The van der Waals surface area contributed by atoms with Crippen LogP contribution in [0.25, 0.3) is 0 Å². The maximum atomic E-state index is 10.2. The van der Waals surface area contributed by atoms with Crippen molar-refractivity contribution in [2.45, 2.75) is 0 Å². The number of rotatable bonds is 1. The molecular weight excluding hydrogens is 164 g/mol. The van der Waals surface area contributed by atoms with Crippen LogP contribution >= 0.6 is 11.6 Å². The molecule has 0 spiro atoms. The summed E-state index contributed by atoms with van der Waals surface area (Å²) in [5, 5.41) is 1.85. The van der Waals surface area contributed by atoms with Crippen LogP contribution in [0.15, 0.2) is 4.36 Å². The molecule has 0 saturated carbocycles. The predicted molar refractivity (Wildman–Crippen MR) is 36.8 cm³/mol. The Morgan fingerprint density at radius 1 is 1.67 bits per heavy atom. The molecule has 6 heteroatoms. The average molecular weight is 169 g/mol. The van der Waals surface area contributed by atoms with Gasteiger partial charge in [0, 0.05) is 0 Å². The monoisotopic (exact) mass is 168 g/mol. The fourth-order valence-electron chi connectivity index (χ4n) is 0.181. The molecule has 1 N–H and O–H groups in total. The molecule has 0 saturated heterocycles. The second-order valence-electron chi connectivity index (χ2n) is 1.10. The molecule has 0 radical (unpaired) electrons. The summed E-state index contributed by atoms with van der Waals surface area (Å²) in [4.78, 5) is 20.4. The molecule has 0 aliphatic heterocycles. The average Bonchev–Trinajstić information content (AvgIpc) is 1.87. The van der Waals surface area contributed by atoms with Gasteiger partial charge in [-0.15, -0.1) is 24.0 Å². The molecule has 0 aromatic rings. The fourth-order valence-corrected chi connectivity index (χ4v) is 0.303. The Labute approximate surface area is 61.7 Å². The van der Waals surface area contributed by atoms with E-state index in [0.717, 1.165) is 0 Å². The summed E-state index contributed by atoms with van der Waals surface area (Å²) < 4.78 is 2.95. The Balaban J connectivity index is 3.59. The van der Waals surface area contributed by atoms with Crippen molar-refractivity contribution in [2.75, 3.05) is 5.88 Å². The molecule has 0 aromatic carbocycles. The van der Waals surface area contributed by atoms with Gasteiger partial charge in [-0.1, -0.05) is 0 Å². The number of hydrogen-bond donors (Lipinski definition) is 1. The number of nitrogens with one attached hydrogen (secondary N) is 1. The number of nitrogens with zero attached hydrogens (tertiary/aromatic N) is 1. The van der Waals surface area contributed by atoms with Crippen LogP contribution in [0, 0.1) is 0 Å². The van der Waals surface area contributed by atoms with Crippen molar-refractivity contribution in [3.05, 3.63) is 0 Å². The molecule has 0 unspecified atom stereocenters. The van der Waals surface area contributed by atoms with E-state index in [2.05, 4.69) is 16.8 Å². The van der Waals surface area contributed by atoms with Gasteiger partial charge in [-0.2, -0.15) is 4.36 Å². The molecular formula is C3H5ClN2O2S. The first-order valence-corrected chi connectivity index (χ1v) is 2.96. The van der Waals surface area contributed by atoms with E-state index in [1.54, 1.807) is 0 Å². The van der Waals surface area contributed by atoms with Gasteiger partial charge >= 0.3 is 6.03 Å². The zero-order valence-electron chi connectivity index (χ0n) is 4.35. The molecule has 0 fully saturated rings. The lowest BCUT2D eigenvalue weighted by Gasteiger charge is -1.91. The summed E-state index contributed by atoms with van der Waals surface area (Å²) in [6.07, 6.45) is 0. The molecule has 4 nitrogen and oxygen atoms in total. The topological polar surface area (TPSA) is 58.5 Å².